The van der Waals surface area contributed by atoms with Crippen molar-refractivity contribution >= 4 is 17.9 Å². The molecule has 0 heterocycles. The molecule has 0 bridgehead atoms. The molecule has 0 aromatic carbocycles. The minimum absolute atomic E-state index is 0.151. The first-order valence-corrected chi connectivity index (χ1v) is 32.6. The molecule has 0 amide bonds. The first-order chi connectivity index (χ1) is 37.1. The second-order valence-corrected chi connectivity index (χ2v) is 23.4. The Bertz CT molecular complexity index is 1340. The van der Waals surface area contributed by atoms with E-state index in [0.29, 0.717) is 17.4 Å². The van der Waals surface area contributed by atoms with Gasteiger partial charge in [0.1, 0.15) is 13.2 Å². The Hall–Kier alpha value is -2.49. The lowest BCUT2D eigenvalue weighted by Gasteiger charge is -2.26. The molecule has 0 rings (SSSR count). The first kappa shape index (κ1) is 73.5. The van der Waals surface area contributed by atoms with Crippen LogP contribution in [0.25, 0.3) is 0 Å². The van der Waals surface area contributed by atoms with Crippen molar-refractivity contribution in [1.29, 1.82) is 0 Å². The highest BCUT2D eigenvalue weighted by atomic mass is 16.7. The standard InChI is InChI=1S/C67H125NO8/c1-6-8-10-12-14-16-18-20-21-22-23-24-25-26-27-28-29-30-31-32-33-34-35-36-37-38-39-40-41-42-43-44-45-46-48-50-52-54-56-58-65(70)76-63(62-75-67(66(71)72)73-60-59-68(3,4)5)61-74-64(69)57-55-53-51-49-47-19-17-15-13-11-9-7-2/h18,20,22-23,25-26,63,67H,6-17,19,21,24,27-62H2,1-5H3/b20-18-,23-22-,26-25-. The van der Waals surface area contributed by atoms with Crippen LogP contribution < -0.4 is 5.11 Å². The third-order valence-electron chi connectivity index (χ3n) is 14.6. The number of carbonyl (C=O) groups excluding carboxylic acids is 3. The smallest absolute Gasteiger partial charge is 0.306 e. The summed E-state index contributed by atoms with van der Waals surface area (Å²) < 4.78 is 22.7. The second-order valence-electron chi connectivity index (χ2n) is 23.4. The van der Waals surface area contributed by atoms with Crippen LogP contribution in [0.1, 0.15) is 316 Å². The number of aliphatic carboxylic acids is 1. The summed E-state index contributed by atoms with van der Waals surface area (Å²) in [5, 5.41) is 11.8. The van der Waals surface area contributed by atoms with E-state index in [9.17, 15) is 19.5 Å². The fourth-order valence-corrected chi connectivity index (χ4v) is 9.61. The average Bonchev–Trinajstić information content (AvgIpc) is 3.39. The van der Waals surface area contributed by atoms with Crippen LogP contribution in [0.3, 0.4) is 0 Å². The van der Waals surface area contributed by atoms with Gasteiger partial charge in [0.2, 0.25) is 0 Å². The van der Waals surface area contributed by atoms with Gasteiger partial charge in [0, 0.05) is 12.8 Å². The molecule has 0 aliphatic heterocycles. The third-order valence-corrected chi connectivity index (χ3v) is 14.6. The lowest BCUT2D eigenvalue weighted by atomic mass is 10.0. The molecule has 0 N–H and O–H groups in total. The molecule has 446 valence electrons. The molecule has 0 saturated carbocycles. The van der Waals surface area contributed by atoms with Gasteiger partial charge in [-0.1, -0.05) is 288 Å². The van der Waals surface area contributed by atoms with E-state index in [1.165, 1.54) is 238 Å². The van der Waals surface area contributed by atoms with Crippen LogP contribution >= 0.6 is 0 Å². The van der Waals surface area contributed by atoms with Gasteiger partial charge < -0.3 is 33.3 Å². The van der Waals surface area contributed by atoms with Crippen LogP contribution in [0.5, 0.6) is 0 Å². The van der Waals surface area contributed by atoms with Crippen molar-refractivity contribution < 1.29 is 42.9 Å². The van der Waals surface area contributed by atoms with Crippen LogP contribution in [-0.4, -0.2) is 82.3 Å². The van der Waals surface area contributed by atoms with Gasteiger partial charge in [-0.05, 0) is 51.4 Å². The summed E-state index contributed by atoms with van der Waals surface area (Å²) in [7, 11) is 5.93. The van der Waals surface area contributed by atoms with E-state index in [2.05, 4.69) is 50.3 Å². The molecule has 0 aliphatic rings. The number of likely N-dealkylation sites (N-methyl/N-ethyl adjacent to an activating group) is 1. The quantitative estimate of drug-likeness (QED) is 0.0195. The second kappa shape index (κ2) is 58.7. The Morgan fingerprint density at radius 1 is 0.395 bits per heavy atom. The van der Waals surface area contributed by atoms with Crippen LogP contribution in [0, 0.1) is 0 Å². The van der Waals surface area contributed by atoms with Gasteiger partial charge in [-0.25, -0.2) is 0 Å². The number of allylic oxidation sites excluding steroid dienone is 6. The minimum atomic E-state index is -1.62. The van der Waals surface area contributed by atoms with E-state index in [1.54, 1.807) is 0 Å². The number of esters is 2. The summed E-state index contributed by atoms with van der Waals surface area (Å²) in [6.45, 7) is 4.77. The molecule has 0 aromatic heterocycles. The maximum Gasteiger partial charge on any atom is 0.306 e. The largest absolute Gasteiger partial charge is 0.545 e. The third kappa shape index (κ3) is 59.2. The Balaban J connectivity index is 3.91. The monoisotopic (exact) mass is 1070 g/mol. The van der Waals surface area contributed by atoms with E-state index >= 15 is 0 Å². The first-order valence-electron chi connectivity index (χ1n) is 32.6. The molecular formula is C67H125NO8. The number of hydrogen-bond acceptors (Lipinski definition) is 8. The maximum atomic E-state index is 12.9. The fourth-order valence-electron chi connectivity index (χ4n) is 9.61. The highest BCUT2D eigenvalue weighted by Gasteiger charge is 2.22. The fraction of sp³-hybridized carbons (Fsp3) is 0.866. The Kier molecular flexibility index (Phi) is 56.7. The average molecular weight is 1070 g/mol. The van der Waals surface area contributed by atoms with E-state index in [4.69, 9.17) is 18.9 Å². The van der Waals surface area contributed by atoms with Crippen molar-refractivity contribution in [3.8, 4) is 0 Å². The number of carbonyl (C=O) groups is 3. The van der Waals surface area contributed by atoms with Crippen LogP contribution in [-0.2, 0) is 33.3 Å². The molecule has 0 saturated heterocycles. The number of hydrogen-bond donors (Lipinski definition) is 0. The normalized spacial score (nSPS) is 12.9. The van der Waals surface area contributed by atoms with Crippen molar-refractivity contribution in [2.45, 2.75) is 328 Å². The molecule has 0 aliphatic carbocycles. The molecule has 0 spiro atoms. The number of nitrogens with zero attached hydrogens (tertiary/aromatic N) is 1. The molecule has 2 atom stereocenters. The Morgan fingerprint density at radius 3 is 1.05 bits per heavy atom. The number of ether oxygens (including phenoxy) is 4. The zero-order valence-electron chi connectivity index (χ0n) is 50.9. The zero-order chi connectivity index (χ0) is 55.5. The van der Waals surface area contributed by atoms with Crippen molar-refractivity contribution in [2.24, 2.45) is 0 Å². The summed E-state index contributed by atoms with van der Waals surface area (Å²) in [5.74, 6) is -2.26. The van der Waals surface area contributed by atoms with Crippen LogP contribution in [0.2, 0.25) is 0 Å². The van der Waals surface area contributed by atoms with Crippen molar-refractivity contribution in [3.05, 3.63) is 36.5 Å². The highest BCUT2D eigenvalue weighted by molar-refractivity contribution is 5.70. The number of quaternary nitrogens is 1. The number of carboxylic acid groups (broad SMARTS) is 1. The topological polar surface area (TPSA) is 111 Å². The summed E-state index contributed by atoms with van der Waals surface area (Å²) in [6, 6.07) is 0. The molecule has 0 fully saturated rings. The van der Waals surface area contributed by atoms with Gasteiger partial charge in [0.25, 0.3) is 0 Å². The van der Waals surface area contributed by atoms with Crippen molar-refractivity contribution in [2.75, 3.05) is 47.5 Å². The van der Waals surface area contributed by atoms with E-state index in [1.807, 2.05) is 21.1 Å². The molecule has 9 nitrogen and oxygen atoms in total. The molecule has 2 unspecified atom stereocenters. The van der Waals surface area contributed by atoms with Crippen molar-refractivity contribution in [1.82, 2.24) is 0 Å². The van der Waals surface area contributed by atoms with Crippen LogP contribution in [0.4, 0.5) is 0 Å². The summed E-state index contributed by atoms with van der Waals surface area (Å²) in [5.41, 5.74) is 0. The molecule has 9 heteroatoms. The van der Waals surface area contributed by atoms with Gasteiger partial charge in [0.05, 0.1) is 40.3 Å². The van der Waals surface area contributed by atoms with E-state index < -0.39 is 24.3 Å². The Labute approximate surface area is 470 Å². The lowest BCUT2D eigenvalue weighted by Crippen LogP contribution is -2.44. The predicted octanol–water partition coefficient (Wildman–Crippen LogP) is 18.3. The number of unbranched alkanes of at least 4 members (excludes halogenated alkanes) is 40. The van der Waals surface area contributed by atoms with Gasteiger partial charge in [-0.3, -0.25) is 9.59 Å². The van der Waals surface area contributed by atoms with Gasteiger partial charge in [0.15, 0.2) is 12.4 Å². The van der Waals surface area contributed by atoms with Gasteiger partial charge >= 0.3 is 11.9 Å². The van der Waals surface area contributed by atoms with Gasteiger partial charge in [-0.2, -0.15) is 0 Å². The predicted molar refractivity (Wildman–Crippen MR) is 320 cm³/mol. The van der Waals surface area contributed by atoms with Gasteiger partial charge in [-0.15, -0.1) is 0 Å². The Morgan fingerprint density at radius 2 is 0.711 bits per heavy atom. The lowest BCUT2D eigenvalue weighted by molar-refractivity contribution is -0.870. The summed E-state index contributed by atoms with van der Waals surface area (Å²) in [4.78, 5) is 37.2. The molecule has 0 radical (unpaired) electrons. The van der Waals surface area contributed by atoms with Crippen LogP contribution in [0.15, 0.2) is 36.5 Å². The maximum absolute atomic E-state index is 12.9. The van der Waals surface area contributed by atoms with Crippen molar-refractivity contribution in [3.63, 3.8) is 0 Å². The van der Waals surface area contributed by atoms with E-state index in [0.717, 1.165) is 51.4 Å². The zero-order valence-corrected chi connectivity index (χ0v) is 50.9. The summed E-state index contributed by atoms with van der Waals surface area (Å²) >= 11 is 0. The minimum Gasteiger partial charge on any atom is -0.545 e. The number of carboxylic acids is 1. The SMILES string of the molecule is CCCCCCC/C=C\C/C=C\C/C=C\CCCCCCCCCCCCCCCCCCCCCCCCCCC(=O)OC(COC(=O)CCCCCCCCCCCCCC)COC(OCC[N+](C)(C)C)C(=O)[O-]. The van der Waals surface area contributed by atoms with E-state index in [-0.39, 0.29) is 32.2 Å². The molecular weight excluding hydrogens is 947 g/mol. The molecule has 76 heavy (non-hydrogen) atoms. The highest BCUT2D eigenvalue weighted by Crippen LogP contribution is 2.18. The summed E-state index contributed by atoms with van der Waals surface area (Å²) in [6.07, 6.45) is 69.5. The molecule has 0 aromatic rings. The number of rotatable bonds is 61.